The van der Waals surface area contributed by atoms with Crippen LogP contribution in [-0.2, 0) is 4.74 Å². The summed E-state index contributed by atoms with van der Waals surface area (Å²) in [6, 6.07) is 7.90. The monoisotopic (exact) mass is 575 g/mol. The number of benzene rings is 3. The smallest absolute Gasteiger partial charge is 0.259 e. The second-order valence-corrected chi connectivity index (χ2v) is 11.0. The molecule has 2 aromatic heterocycles. The minimum absolute atomic E-state index is 0.0749. The van der Waals surface area contributed by atoms with E-state index in [-0.39, 0.29) is 23.0 Å². The highest BCUT2D eigenvalue weighted by atomic mass is 16.6. The fourth-order valence-electron chi connectivity index (χ4n) is 6.60. The summed E-state index contributed by atoms with van der Waals surface area (Å²) in [6.45, 7) is 1.56. The fourth-order valence-corrected chi connectivity index (χ4v) is 6.60. The number of rotatable bonds is 2. The predicted molar refractivity (Wildman–Crippen MR) is 147 cm³/mol. The second-order valence-electron chi connectivity index (χ2n) is 11.0. The van der Waals surface area contributed by atoms with Gasteiger partial charge < -0.3 is 49.3 Å². The summed E-state index contributed by atoms with van der Waals surface area (Å²) in [6.07, 6.45) is -7.66. The van der Waals surface area contributed by atoms with Gasteiger partial charge in [-0.1, -0.05) is 0 Å². The number of ether oxygens (including phenoxy) is 3. The molecule has 1 saturated heterocycles. The molecule has 0 spiro atoms. The van der Waals surface area contributed by atoms with Crippen molar-refractivity contribution in [2.45, 2.75) is 43.7 Å². The van der Waals surface area contributed by atoms with Crippen LogP contribution in [0.1, 0.15) is 33.9 Å². The predicted octanol–water partition coefficient (Wildman–Crippen LogP) is 1.15. The number of H-pyrrole nitrogens is 1. The first-order valence-corrected chi connectivity index (χ1v) is 13.5. The number of aromatic hydroxyl groups is 1. The normalized spacial score (nSPS) is 27.4. The van der Waals surface area contributed by atoms with Crippen LogP contribution < -0.4 is 14.8 Å². The highest BCUT2D eigenvalue weighted by molar-refractivity contribution is 6.39. The number of carbonyl (C=O) groups excluding carboxylic acids is 2. The van der Waals surface area contributed by atoms with Crippen molar-refractivity contribution >= 4 is 55.4 Å². The van der Waals surface area contributed by atoms with E-state index in [9.17, 15) is 35.1 Å². The molecule has 5 aromatic rings. The number of aliphatic hydroxyl groups is 4. The minimum Gasteiger partial charge on any atom is -0.508 e. The summed E-state index contributed by atoms with van der Waals surface area (Å²) in [7, 11) is 0. The zero-order valence-corrected chi connectivity index (χ0v) is 22.0. The van der Waals surface area contributed by atoms with Crippen molar-refractivity contribution in [3.05, 3.63) is 41.5 Å². The van der Waals surface area contributed by atoms with Gasteiger partial charge in [0.1, 0.15) is 42.9 Å². The van der Waals surface area contributed by atoms with Crippen molar-refractivity contribution in [1.82, 2.24) is 14.9 Å². The molecule has 0 aliphatic carbocycles. The number of fused-ring (bicyclic) bond motifs is 11. The molecule has 216 valence electrons. The zero-order valence-electron chi connectivity index (χ0n) is 22.0. The standard InChI is InChI=1S/C29H25N3O10/c1-9-8-40-15-5-11-13(6-16(15)41-9)30-22-18(11)20-21(28(39)31-27(20)38)19-12-4-10(34)2-3-14(12)32(23(19)22)29-26(37)25(36)24(35)17(7-33)42-29/h2-6,9,17,24-26,29-30,33-37H,7-8H2,1H3,(H,31,38,39)/t9?,17-,24-,25+,26-,29?/m1/s1. The lowest BCUT2D eigenvalue weighted by molar-refractivity contribution is -0.249. The van der Waals surface area contributed by atoms with Crippen molar-refractivity contribution in [3.63, 3.8) is 0 Å². The average Bonchev–Trinajstić information content (AvgIpc) is 3.59. The van der Waals surface area contributed by atoms with Gasteiger partial charge in [-0.3, -0.25) is 14.9 Å². The molecule has 2 unspecified atom stereocenters. The van der Waals surface area contributed by atoms with Gasteiger partial charge in [0.2, 0.25) is 0 Å². The summed E-state index contributed by atoms with van der Waals surface area (Å²) in [5, 5.41) is 56.7. The van der Waals surface area contributed by atoms with Gasteiger partial charge >= 0.3 is 0 Å². The number of carbonyl (C=O) groups is 2. The number of aliphatic hydroxyl groups excluding tert-OH is 4. The Hall–Kier alpha value is -4.40. The van der Waals surface area contributed by atoms with Crippen molar-refractivity contribution in [1.29, 1.82) is 0 Å². The van der Waals surface area contributed by atoms with E-state index in [0.29, 0.717) is 61.7 Å². The maximum atomic E-state index is 13.4. The molecule has 7 N–H and O–H groups in total. The number of hydrogen-bond acceptors (Lipinski definition) is 10. The number of phenolic OH excluding ortho intramolecular Hbond substituents is 1. The van der Waals surface area contributed by atoms with Crippen LogP contribution in [0.3, 0.4) is 0 Å². The third kappa shape index (κ3) is 3.19. The number of aromatic amines is 1. The SMILES string of the molecule is CC1COc2cc3c(cc2O1)[nH]c1c3c2c(c3c4cc(O)ccc4n(C4O[C@H](CO)[C@@H](O)[C@H](O)[C@H]4O)c13)C(=O)NC2=O. The number of nitrogens with zero attached hydrogens (tertiary/aromatic N) is 1. The Bertz CT molecular complexity index is 2010. The van der Waals surface area contributed by atoms with Gasteiger partial charge in [-0.25, -0.2) is 0 Å². The maximum absolute atomic E-state index is 13.4. The number of amides is 2. The van der Waals surface area contributed by atoms with Crippen molar-refractivity contribution < 1.29 is 49.3 Å². The molecule has 42 heavy (non-hydrogen) atoms. The molecule has 0 radical (unpaired) electrons. The van der Waals surface area contributed by atoms with E-state index in [4.69, 9.17) is 14.2 Å². The van der Waals surface area contributed by atoms with E-state index in [1.807, 2.05) is 6.92 Å². The number of phenols is 1. The van der Waals surface area contributed by atoms with Crippen LogP contribution >= 0.6 is 0 Å². The van der Waals surface area contributed by atoms with Gasteiger partial charge in [0.25, 0.3) is 11.8 Å². The summed E-state index contributed by atoms with van der Waals surface area (Å²) >= 11 is 0. The maximum Gasteiger partial charge on any atom is 0.259 e. The average molecular weight is 576 g/mol. The lowest BCUT2D eigenvalue weighted by Gasteiger charge is -2.41. The quantitative estimate of drug-likeness (QED) is 0.150. The van der Waals surface area contributed by atoms with Gasteiger partial charge in [0.05, 0.1) is 39.8 Å². The molecule has 1 fully saturated rings. The van der Waals surface area contributed by atoms with Crippen LogP contribution in [0.5, 0.6) is 17.2 Å². The molecule has 6 atom stereocenters. The van der Waals surface area contributed by atoms with E-state index in [0.717, 1.165) is 0 Å². The van der Waals surface area contributed by atoms with Gasteiger partial charge in [0, 0.05) is 27.6 Å². The highest BCUT2D eigenvalue weighted by Gasteiger charge is 2.46. The van der Waals surface area contributed by atoms with E-state index in [2.05, 4.69) is 10.3 Å². The lowest BCUT2D eigenvalue weighted by Crippen LogP contribution is -2.56. The minimum atomic E-state index is -1.67. The summed E-state index contributed by atoms with van der Waals surface area (Å²) < 4.78 is 19.4. The number of nitrogens with one attached hydrogen (secondary N) is 2. The Balaban J connectivity index is 1.56. The molecule has 8 rings (SSSR count). The van der Waals surface area contributed by atoms with Crippen molar-refractivity contribution in [2.75, 3.05) is 13.2 Å². The van der Waals surface area contributed by atoms with Crippen molar-refractivity contribution in [2.24, 2.45) is 0 Å². The van der Waals surface area contributed by atoms with Gasteiger partial charge in [0.15, 0.2) is 17.7 Å². The number of aromatic nitrogens is 2. The molecule has 5 heterocycles. The first kappa shape index (κ1) is 25.3. The third-order valence-electron chi connectivity index (χ3n) is 8.44. The second kappa shape index (κ2) is 8.56. The summed E-state index contributed by atoms with van der Waals surface area (Å²) in [5.74, 6) is -0.374. The Kier molecular flexibility index (Phi) is 5.16. The van der Waals surface area contributed by atoms with E-state index in [1.54, 1.807) is 22.8 Å². The molecule has 2 amide bonds. The fraction of sp³-hybridized carbons (Fsp3) is 0.310. The Labute approximate surface area is 235 Å². The topological polar surface area (TPSA) is 196 Å². The largest absolute Gasteiger partial charge is 0.508 e. The molecular weight excluding hydrogens is 550 g/mol. The van der Waals surface area contributed by atoms with Crippen LogP contribution in [0.15, 0.2) is 30.3 Å². The summed E-state index contributed by atoms with van der Waals surface area (Å²) in [4.78, 5) is 30.1. The van der Waals surface area contributed by atoms with Crippen LogP contribution in [-0.4, -0.2) is 90.6 Å². The van der Waals surface area contributed by atoms with Crippen LogP contribution in [0.2, 0.25) is 0 Å². The molecule has 3 aromatic carbocycles. The molecule has 13 heteroatoms. The van der Waals surface area contributed by atoms with Crippen LogP contribution in [0.4, 0.5) is 0 Å². The van der Waals surface area contributed by atoms with E-state index < -0.39 is 49.1 Å². The molecule has 13 nitrogen and oxygen atoms in total. The first-order valence-electron chi connectivity index (χ1n) is 13.5. The summed E-state index contributed by atoms with van der Waals surface area (Å²) in [5.41, 5.74) is 1.93. The van der Waals surface area contributed by atoms with Crippen LogP contribution in [0, 0.1) is 0 Å². The first-order chi connectivity index (χ1) is 20.2. The molecule has 3 aliphatic heterocycles. The highest BCUT2D eigenvalue weighted by Crippen LogP contribution is 2.48. The molecule has 0 bridgehead atoms. The number of imide groups is 1. The number of hydrogen-bond donors (Lipinski definition) is 7. The van der Waals surface area contributed by atoms with E-state index in [1.165, 1.54) is 12.1 Å². The zero-order chi connectivity index (χ0) is 29.2. The van der Waals surface area contributed by atoms with E-state index >= 15 is 0 Å². The molecule has 0 saturated carbocycles. The van der Waals surface area contributed by atoms with Crippen LogP contribution in [0.25, 0.3) is 43.6 Å². The Morgan fingerprint density at radius 1 is 0.952 bits per heavy atom. The lowest BCUT2D eigenvalue weighted by atomic mass is 9.96. The molecular formula is C29H25N3O10. The van der Waals surface area contributed by atoms with Gasteiger partial charge in [-0.05, 0) is 31.2 Å². The third-order valence-corrected chi connectivity index (χ3v) is 8.44. The van der Waals surface area contributed by atoms with Gasteiger partial charge in [-0.15, -0.1) is 0 Å². The van der Waals surface area contributed by atoms with Gasteiger partial charge in [-0.2, -0.15) is 0 Å². The Morgan fingerprint density at radius 3 is 2.48 bits per heavy atom. The molecule has 3 aliphatic rings. The van der Waals surface area contributed by atoms with Crippen molar-refractivity contribution in [3.8, 4) is 17.2 Å². The Morgan fingerprint density at radius 2 is 1.71 bits per heavy atom.